The lowest BCUT2D eigenvalue weighted by molar-refractivity contribution is -0.188. The van der Waals surface area contributed by atoms with Gasteiger partial charge in [-0.05, 0) is 56.9 Å². The number of carbonyl (C=O) groups excluding carboxylic acids is 1. The van der Waals surface area contributed by atoms with Gasteiger partial charge in [-0.25, -0.2) is 4.98 Å². The van der Waals surface area contributed by atoms with Gasteiger partial charge in [0.1, 0.15) is 23.7 Å². The zero-order valence-corrected chi connectivity index (χ0v) is 24.0. The van der Waals surface area contributed by atoms with E-state index in [0.29, 0.717) is 45.2 Å². The second-order valence-electron chi connectivity index (χ2n) is 10.8. The van der Waals surface area contributed by atoms with Gasteiger partial charge in [0, 0.05) is 61.4 Å². The highest BCUT2D eigenvalue weighted by Gasteiger charge is 2.27. The van der Waals surface area contributed by atoms with Crippen molar-refractivity contribution in [3.63, 3.8) is 0 Å². The smallest absolute Gasteiger partial charge is 0.242 e. The van der Waals surface area contributed by atoms with E-state index in [4.69, 9.17) is 18.7 Å². The molecular weight excluding hydrogens is 534 g/mol. The molecular formula is C32H37N5O5. The van der Waals surface area contributed by atoms with Crippen LogP contribution in [0.5, 0.6) is 0 Å². The molecule has 5 heterocycles. The molecule has 2 unspecified atom stereocenters. The van der Waals surface area contributed by atoms with Gasteiger partial charge in [-0.15, -0.1) is 0 Å². The number of morpholine rings is 1. The number of benzene rings is 1. The molecule has 10 heteroatoms. The van der Waals surface area contributed by atoms with Crippen LogP contribution in [0.3, 0.4) is 0 Å². The average Bonchev–Trinajstić information content (AvgIpc) is 3.71. The van der Waals surface area contributed by atoms with Crippen molar-refractivity contribution >= 4 is 5.91 Å². The van der Waals surface area contributed by atoms with E-state index < -0.39 is 0 Å². The molecule has 2 saturated heterocycles. The summed E-state index contributed by atoms with van der Waals surface area (Å²) in [5.74, 6) is 8.16. The number of aromatic nitrogens is 3. The third kappa shape index (κ3) is 6.99. The quantitative estimate of drug-likeness (QED) is 0.429. The van der Waals surface area contributed by atoms with Crippen LogP contribution in [-0.2, 0) is 25.5 Å². The average molecular weight is 572 g/mol. The second-order valence-corrected chi connectivity index (χ2v) is 10.8. The van der Waals surface area contributed by atoms with Gasteiger partial charge < -0.3 is 33.5 Å². The third-order valence-corrected chi connectivity index (χ3v) is 7.77. The molecule has 0 radical (unpaired) electrons. The Morgan fingerprint density at radius 1 is 1.21 bits per heavy atom. The maximum Gasteiger partial charge on any atom is 0.242 e. The molecule has 2 aromatic heterocycles. The van der Waals surface area contributed by atoms with Crippen LogP contribution in [0.1, 0.15) is 55.8 Å². The van der Waals surface area contributed by atoms with Gasteiger partial charge in [-0.1, -0.05) is 23.1 Å². The van der Waals surface area contributed by atoms with E-state index in [1.807, 2.05) is 59.0 Å². The lowest BCUT2D eigenvalue weighted by atomic mass is 10.1. The van der Waals surface area contributed by atoms with E-state index >= 15 is 0 Å². The van der Waals surface area contributed by atoms with Crippen LogP contribution in [0.2, 0.25) is 0 Å². The van der Waals surface area contributed by atoms with Gasteiger partial charge in [0.25, 0.3) is 0 Å². The number of hydrogen-bond acceptors (Lipinski definition) is 8. The predicted octanol–water partition coefficient (Wildman–Crippen LogP) is 3.69. The third-order valence-electron chi connectivity index (χ3n) is 7.77. The molecule has 2 fully saturated rings. The highest BCUT2D eigenvalue weighted by atomic mass is 16.7. The SMILES string of the molecule is C[C@H](OC1CCCCO1)c1nccn1Cc1cc(-c2ccc(C#CC3=CCN(C(=O)C4COCCN4)CC3)cc2)on1. The molecule has 3 aliphatic heterocycles. The summed E-state index contributed by atoms with van der Waals surface area (Å²) in [4.78, 5) is 19.1. The van der Waals surface area contributed by atoms with E-state index in [9.17, 15) is 4.79 Å². The van der Waals surface area contributed by atoms with Crippen LogP contribution in [0, 0.1) is 11.8 Å². The first-order valence-electron chi connectivity index (χ1n) is 14.8. The fourth-order valence-corrected chi connectivity index (χ4v) is 5.41. The van der Waals surface area contributed by atoms with Gasteiger partial charge in [-0.3, -0.25) is 4.79 Å². The molecule has 0 aliphatic carbocycles. The summed E-state index contributed by atoms with van der Waals surface area (Å²) in [5, 5.41) is 7.52. The minimum Gasteiger partial charge on any atom is -0.378 e. The lowest BCUT2D eigenvalue weighted by Crippen LogP contribution is -2.53. The van der Waals surface area contributed by atoms with Crippen molar-refractivity contribution in [2.75, 3.05) is 39.5 Å². The van der Waals surface area contributed by atoms with Crippen molar-refractivity contribution in [3.05, 3.63) is 71.5 Å². The fourth-order valence-electron chi connectivity index (χ4n) is 5.41. The van der Waals surface area contributed by atoms with Crippen LogP contribution in [-0.4, -0.2) is 77.3 Å². The Labute approximate surface area is 246 Å². The van der Waals surface area contributed by atoms with Crippen molar-refractivity contribution in [1.29, 1.82) is 0 Å². The van der Waals surface area contributed by atoms with E-state index in [1.54, 1.807) is 6.20 Å². The summed E-state index contributed by atoms with van der Waals surface area (Å²) < 4.78 is 25.0. The summed E-state index contributed by atoms with van der Waals surface area (Å²) in [6.45, 7) is 6.34. The number of nitrogens with one attached hydrogen (secondary N) is 1. The lowest BCUT2D eigenvalue weighted by Gasteiger charge is -2.31. The molecule has 1 aromatic carbocycles. The normalized spacial score (nSPS) is 21.7. The number of nitrogens with zero attached hydrogens (tertiary/aromatic N) is 4. The van der Waals surface area contributed by atoms with Crippen LogP contribution in [0.25, 0.3) is 11.3 Å². The molecule has 6 rings (SSSR count). The number of ether oxygens (including phenoxy) is 3. The molecule has 3 atom stereocenters. The number of hydrogen-bond donors (Lipinski definition) is 1. The predicted molar refractivity (Wildman–Crippen MR) is 155 cm³/mol. The topological polar surface area (TPSA) is 104 Å². The first kappa shape index (κ1) is 28.4. The maximum atomic E-state index is 12.7. The van der Waals surface area contributed by atoms with Crippen LogP contribution in [0.15, 0.2) is 58.9 Å². The van der Waals surface area contributed by atoms with Crippen molar-refractivity contribution in [2.24, 2.45) is 0 Å². The number of rotatable bonds is 7. The van der Waals surface area contributed by atoms with Gasteiger partial charge in [0.05, 0.1) is 19.8 Å². The van der Waals surface area contributed by atoms with Gasteiger partial charge >= 0.3 is 0 Å². The number of imidazole rings is 1. The molecule has 3 aromatic rings. The summed E-state index contributed by atoms with van der Waals surface area (Å²) in [5.41, 5.74) is 3.71. The Morgan fingerprint density at radius 3 is 2.88 bits per heavy atom. The molecule has 0 bridgehead atoms. The zero-order valence-electron chi connectivity index (χ0n) is 24.0. The highest BCUT2D eigenvalue weighted by molar-refractivity contribution is 5.82. The maximum absolute atomic E-state index is 12.7. The summed E-state index contributed by atoms with van der Waals surface area (Å²) in [6.07, 6.45) is 9.26. The minimum absolute atomic E-state index is 0.0999. The van der Waals surface area contributed by atoms with E-state index in [0.717, 1.165) is 60.5 Å². The molecule has 3 aliphatic rings. The van der Waals surface area contributed by atoms with Crippen LogP contribution >= 0.6 is 0 Å². The monoisotopic (exact) mass is 571 g/mol. The molecule has 1 N–H and O–H groups in total. The second kappa shape index (κ2) is 13.5. The molecule has 1 amide bonds. The summed E-state index contributed by atoms with van der Waals surface area (Å²) >= 11 is 0. The van der Waals surface area contributed by atoms with Crippen LogP contribution < -0.4 is 5.32 Å². The molecule has 220 valence electrons. The van der Waals surface area contributed by atoms with Crippen molar-refractivity contribution < 1.29 is 23.5 Å². The van der Waals surface area contributed by atoms with Gasteiger partial charge in [-0.2, -0.15) is 0 Å². The van der Waals surface area contributed by atoms with Crippen molar-refractivity contribution in [1.82, 2.24) is 24.9 Å². The van der Waals surface area contributed by atoms with E-state index in [1.165, 1.54) is 0 Å². The van der Waals surface area contributed by atoms with Crippen molar-refractivity contribution in [2.45, 2.75) is 57.6 Å². The molecule has 10 nitrogen and oxygen atoms in total. The first-order valence-corrected chi connectivity index (χ1v) is 14.8. The Hall–Kier alpha value is -3.75. The summed E-state index contributed by atoms with van der Waals surface area (Å²) in [6, 6.07) is 9.66. The largest absolute Gasteiger partial charge is 0.378 e. The number of carbonyl (C=O) groups is 1. The van der Waals surface area contributed by atoms with Gasteiger partial charge in [0.2, 0.25) is 5.91 Å². The molecule has 0 spiro atoms. The van der Waals surface area contributed by atoms with Crippen molar-refractivity contribution in [3.8, 4) is 23.2 Å². The first-order chi connectivity index (χ1) is 20.6. The van der Waals surface area contributed by atoms with E-state index in [-0.39, 0.29) is 24.3 Å². The standard InChI is InChI=1S/C32H37N5O5/c1-23(41-30-4-2-3-18-40-30)31-34-13-17-37(31)21-27-20-29(42-35-27)26-9-7-24(8-10-26)5-6-25-11-15-36(16-12-25)32(38)28-22-39-19-14-33-28/h7-11,13,17,20,23,28,30,33H,2-4,12,14-16,18-19,21-22H2,1H3/t23-,28?,30?/m0/s1. The Balaban J connectivity index is 1.03. The minimum atomic E-state index is -0.244. The molecule has 42 heavy (non-hydrogen) atoms. The fraction of sp³-hybridized carbons (Fsp3) is 0.469. The van der Waals surface area contributed by atoms with Gasteiger partial charge in [0.15, 0.2) is 12.1 Å². The Kier molecular flexibility index (Phi) is 9.11. The Morgan fingerprint density at radius 2 is 2.12 bits per heavy atom. The Bertz CT molecular complexity index is 1440. The highest BCUT2D eigenvalue weighted by Crippen LogP contribution is 2.25. The molecule has 0 saturated carbocycles. The number of amides is 1. The summed E-state index contributed by atoms with van der Waals surface area (Å²) in [7, 11) is 0. The zero-order chi connectivity index (χ0) is 28.7. The van der Waals surface area contributed by atoms with E-state index in [2.05, 4.69) is 27.3 Å². The van der Waals surface area contributed by atoms with Crippen LogP contribution in [0.4, 0.5) is 0 Å².